The number of hydrogen-bond acceptors (Lipinski definition) is 3. The molecule has 1 amide bonds. The molecular formula is C18H17BrCl2N2O3S. The zero-order chi connectivity index (χ0) is 19.6. The smallest absolute Gasteiger partial charge is 0.263 e. The van der Waals surface area contributed by atoms with Crippen LogP contribution in [0.2, 0.25) is 10.0 Å². The molecule has 0 spiro atoms. The second kappa shape index (κ2) is 8.39. The minimum atomic E-state index is -4.00. The number of carbonyl (C=O) groups is 1. The maximum absolute atomic E-state index is 12.9. The molecule has 0 unspecified atom stereocenters. The van der Waals surface area contributed by atoms with Crippen LogP contribution in [0.25, 0.3) is 0 Å². The highest BCUT2D eigenvalue weighted by atomic mass is 79.9. The van der Waals surface area contributed by atoms with E-state index < -0.39 is 10.0 Å². The standard InChI is InChI=1S/C18H17BrCl2N2O3S/c19-12-4-7-17(15(21)10-12)27(25,26)22-16-11-13(20)5-6-14(16)18(24)23-8-2-1-3-9-23/h4-7,10-11,22H,1-3,8-9H2. The predicted octanol–water partition coefficient (Wildman–Crippen LogP) is 5.18. The van der Waals surface area contributed by atoms with Crippen LogP contribution in [0.3, 0.4) is 0 Å². The summed E-state index contributed by atoms with van der Waals surface area (Å²) in [5.41, 5.74) is 0.398. The second-order valence-corrected chi connectivity index (χ2v) is 9.63. The summed E-state index contributed by atoms with van der Waals surface area (Å²) in [6.07, 6.45) is 2.97. The number of benzene rings is 2. The van der Waals surface area contributed by atoms with Gasteiger partial charge in [-0.15, -0.1) is 0 Å². The first-order valence-electron chi connectivity index (χ1n) is 8.34. The molecule has 0 radical (unpaired) electrons. The molecular weight excluding hydrogens is 475 g/mol. The SMILES string of the molecule is O=C(c1ccc(Cl)cc1NS(=O)(=O)c1ccc(Br)cc1Cl)N1CCCCC1. The van der Waals surface area contributed by atoms with Crippen molar-refractivity contribution in [1.29, 1.82) is 0 Å². The molecule has 0 saturated carbocycles. The van der Waals surface area contributed by atoms with Crippen LogP contribution in [0.5, 0.6) is 0 Å². The quantitative estimate of drug-likeness (QED) is 0.640. The van der Waals surface area contributed by atoms with Gasteiger partial charge in [0.2, 0.25) is 0 Å². The summed E-state index contributed by atoms with van der Waals surface area (Å²) in [7, 11) is -4.00. The Morgan fingerprint density at radius 3 is 2.41 bits per heavy atom. The van der Waals surface area contributed by atoms with Gasteiger partial charge in [-0.2, -0.15) is 0 Å². The lowest BCUT2D eigenvalue weighted by molar-refractivity contribution is 0.0725. The highest BCUT2D eigenvalue weighted by molar-refractivity contribution is 9.10. The van der Waals surface area contributed by atoms with Gasteiger partial charge in [-0.3, -0.25) is 9.52 Å². The average molecular weight is 492 g/mol. The van der Waals surface area contributed by atoms with E-state index in [0.29, 0.717) is 22.6 Å². The monoisotopic (exact) mass is 490 g/mol. The number of anilines is 1. The molecule has 1 N–H and O–H groups in total. The molecule has 1 heterocycles. The fourth-order valence-corrected chi connectivity index (χ4v) is 5.23. The molecule has 1 aliphatic rings. The van der Waals surface area contributed by atoms with Gasteiger partial charge in [0.15, 0.2) is 0 Å². The van der Waals surface area contributed by atoms with E-state index in [0.717, 1.165) is 19.3 Å². The third kappa shape index (κ3) is 4.77. The van der Waals surface area contributed by atoms with Gasteiger partial charge in [0, 0.05) is 22.6 Å². The van der Waals surface area contributed by atoms with Crippen LogP contribution < -0.4 is 4.72 Å². The molecule has 1 fully saturated rings. The number of halogens is 3. The summed E-state index contributed by atoms with van der Waals surface area (Å²) in [6, 6.07) is 9.02. The van der Waals surface area contributed by atoms with Crippen LogP contribution in [-0.4, -0.2) is 32.3 Å². The first kappa shape index (κ1) is 20.5. The number of piperidine rings is 1. The van der Waals surface area contributed by atoms with E-state index in [-0.39, 0.29) is 27.1 Å². The van der Waals surface area contributed by atoms with Gasteiger partial charge >= 0.3 is 0 Å². The van der Waals surface area contributed by atoms with Crippen molar-refractivity contribution in [2.24, 2.45) is 0 Å². The van der Waals surface area contributed by atoms with Gasteiger partial charge in [0.1, 0.15) is 4.90 Å². The highest BCUT2D eigenvalue weighted by Gasteiger charge is 2.25. The number of nitrogens with zero attached hydrogens (tertiary/aromatic N) is 1. The lowest BCUT2D eigenvalue weighted by Crippen LogP contribution is -2.36. The Labute approximate surface area is 176 Å². The number of likely N-dealkylation sites (tertiary alicyclic amines) is 1. The fraction of sp³-hybridized carbons (Fsp3) is 0.278. The number of nitrogens with one attached hydrogen (secondary N) is 1. The van der Waals surface area contributed by atoms with E-state index in [1.165, 1.54) is 18.2 Å². The summed E-state index contributed by atoms with van der Waals surface area (Å²) < 4.78 is 28.8. The Morgan fingerprint density at radius 2 is 1.74 bits per heavy atom. The van der Waals surface area contributed by atoms with Gasteiger partial charge < -0.3 is 4.90 Å². The zero-order valence-corrected chi connectivity index (χ0v) is 18.1. The van der Waals surface area contributed by atoms with E-state index in [2.05, 4.69) is 20.7 Å². The van der Waals surface area contributed by atoms with Crippen molar-refractivity contribution in [2.45, 2.75) is 24.2 Å². The summed E-state index contributed by atoms with van der Waals surface area (Å²) in [5, 5.41) is 0.396. The molecule has 0 atom stereocenters. The largest absolute Gasteiger partial charge is 0.339 e. The Morgan fingerprint density at radius 1 is 1.04 bits per heavy atom. The van der Waals surface area contributed by atoms with Gasteiger partial charge in [0.05, 0.1) is 16.3 Å². The summed E-state index contributed by atoms with van der Waals surface area (Å²) in [4.78, 5) is 14.5. The Bertz CT molecular complexity index is 977. The van der Waals surface area contributed by atoms with Crippen molar-refractivity contribution in [1.82, 2.24) is 4.90 Å². The molecule has 5 nitrogen and oxygen atoms in total. The minimum Gasteiger partial charge on any atom is -0.339 e. The van der Waals surface area contributed by atoms with Crippen LogP contribution >= 0.6 is 39.1 Å². The van der Waals surface area contributed by atoms with E-state index >= 15 is 0 Å². The second-order valence-electron chi connectivity index (χ2n) is 6.22. The zero-order valence-electron chi connectivity index (χ0n) is 14.2. The van der Waals surface area contributed by atoms with Crippen LogP contribution in [0.1, 0.15) is 29.6 Å². The normalized spacial score (nSPS) is 14.9. The Kier molecular flexibility index (Phi) is 6.35. The molecule has 2 aromatic carbocycles. The molecule has 0 bridgehead atoms. The maximum atomic E-state index is 12.9. The van der Waals surface area contributed by atoms with Crippen molar-refractivity contribution in [3.63, 3.8) is 0 Å². The fourth-order valence-electron chi connectivity index (χ4n) is 2.95. The van der Waals surface area contributed by atoms with Gasteiger partial charge in [-0.05, 0) is 55.7 Å². The highest BCUT2D eigenvalue weighted by Crippen LogP contribution is 2.30. The lowest BCUT2D eigenvalue weighted by Gasteiger charge is -2.27. The summed E-state index contributed by atoms with van der Waals surface area (Å²) >= 11 is 15.4. The average Bonchev–Trinajstić information content (AvgIpc) is 2.61. The molecule has 2 aromatic rings. The van der Waals surface area contributed by atoms with Crippen LogP contribution in [0, 0.1) is 0 Å². The van der Waals surface area contributed by atoms with Gasteiger partial charge in [0.25, 0.3) is 15.9 Å². The van der Waals surface area contributed by atoms with Crippen molar-refractivity contribution in [3.05, 3.63) is 56.5 Å². The number of sulfonamides is 1. The first-order valence-corrected chi connectivity index (χ1v) is 11.4. The van der Waals surface area contributed by atoms with E-state index in [4.69, 9.17) is 23.2 Å². The van der Waals surface area contributed by atoms with Gasteiger partial charge in [-0.25, -0.2) is 8.42 Å². The van der Waals surface area contributed by atoms with Crippen LogP contribution in [0.4, 0.5) is 5.69 Å². The molecule has 1 saturated heterocycles. The molecule has 3 rings (SSSR count). The third-order valence-corrected chi connectivity index (χ3v) is 6.86. The van der Waals surface area contributed by atoms with E-state index in [1.54, 1.807) is 23.1 Å². The molecule has 9 heteroatoms. The van der Waals surface area contributed by atoms with Crippen LogP contribution in [-0.2, 0) is 10.0 Å². The van der Waals surface area contributed by atoms with Crippen LogP contribution in [0.15, 0.2) is 45.8 Å². The molecule has 0 aliphatic carbocycles. The van der Waals surface area contributed by atoms with Crippen molar-refractivity contribution < 1.29 is 13.2 Å². The summed E-state index contributed by atoms with van der Waals surface area (Å²) in [6.45, 7) is 1.32. The lowest BCUT2D eigenvalue weighted by atomic mass is 10.1. The predicted molar refractivity (Wildman–Crippen MR) is 111 cm³/mol. The summed E-state index contributed by atoms with van der Waals surface area (Å²) in [5.74, 6) is -0.217. The number of hydrogen-bond donors (Lipinski definition) is 1. The van der Waals surface area contributed by atoms with Crippen molar-refractivity contribution in [2.75, 3.05) is 17.8 Å². The maximum Gasteiger partial charge on any atom is 0.263 e. The minimum absolute atomic E-state index is 0.0720. The molecule has 0 aromatic heterocycles. The Balaban J connectivity index is 1.96. The number of carbonyl (C=O) groups excluding carboxylic acids is 1. The van der Waals surface area contributed by atoms with Crippen molar-refractivity contribution >= 4 is 60.7 Å². The number of amides is 1. The number of rotatable bonds is 4. The van der Waals surface area contributed by atoms with E-state index in [1.807, 2.05) is 0 Å². The Hall–Kier alpha value is -1.28. The molecule has 144 valence electrons. The molecule has 1 aliphatic heterocycles. The van der Waals surface area contributed by atoms with Crippen molar-refractivity contribution in [3.8, 4) is 0 Å². The van der Waals surface area contributed by atoms with E-state index in [9.17, 15) is 13.2 Å². The topological polar surface area (TPSA) is 66.5 Å². The third-order valence-electron chi connectivity index (χ3n) is 4.28. The van der Waals surface area contributed by atoms with Gasteiger partial charge in [-0.1, -0.05) is 39.1 Å². The first-order chi connectivity index (χ1) is 12.8. The molecule has 27 heavy (non-hydrogen) atoms.